The molecule has 0 aromatic heterocycles. The predicted octanol–water partition coefficient (Wildman–Crippen LogP) is 23.3. The van der Waals surface area contributed by atoms with Gasteiger partial charge in [0.15, 0.2) is 0 Å². The maximum absolute atomic E-state index is 2.55. The zero-order chi connectivity index (χ0) is 57.9. The van der Waals surface area contributed by atoms with E-state index >= 15 is 0 Å². The zero-order valence-corrected chi connectivity index (χ0v) is 50.1. The normalized spacial score (nSPS) is 15.6. The van der Waals surface area contributed by atoms with Crippen molar-refractivity contribution in [3.8, 4) is 89.0 Å². The van der Waals surface area contributed by atoms with Gasteiger partial charge in [-0.1, -0.05) is 274 Å². The van der Waals surface area contributed by atoms with Gasteiger partial charge in [0.2, 0.25) is 0 Å². The fourth-order valence-corrected chi connectivity index (χ4v) is 17.4. The molecule has 0 atom stereocenters. The van der Waals surface area contributed by atoms with Crippen LogP contribution in [0.5, 0.6) is 0 Å². The summed E-state index contributed by atoms with van der Waals surface area (Å²) in [5.41, 5.74) is 31.4. The predicted molar refractivity (Wildman–Crippen MR) is 366 cm³/mol. The quantitative estimate of drug-likeness (QED) is 0.154. The highest BCUT2D eigenvalue weighted by atomic mass is 14.4. The molecule has 0 heterocycles. The van der Waals surface area contributed by atoms with Crippen molar-refractivity contribution in [2.45, 2.75) is 77.0 Å². The number of rotatable bonds is 4. The lowest BCUT2D eigenvalue weighted by Crippen LogP contribution is -2.28. The lowest BCUT2D eigenvalue weighted by molar-refractivity contribution is 0.633. The van der Waals surface area contributed by atoms with E-state index in [0.717, 1.165) is 0 Å². The third-order valence-corrected chi connectivity index (χ3v) is 21.7. The molecule has 0 nitrogen and oxygen atoms in total. The minimum atomic E-state index is -0.278. The van der Waals surface area contributed by atoms with E-state index < -0.39 is 0 Å². The van der Waals surface area contributed by atoms with Crippen LogP contribution in [-0.2, 0) is 21.7 Å². The topological polar surface area (TPSA) is 0 Å². The van der Waals surface area contributed by atoms with Crippen LogP contribution in [0.1, 0.15) is 99.9 Å². The van der Waals surface area contributed by atoms with Gasteiger partial charge >= 0.3 is 0 Å². The summed E-state index contributed by atoms with van der Waals surface area (Å²) >= 11 is 0. The van der Waals surface area contributed by atoms with Crippen LogP contribution in [-0.4, -0.2) is 0 Å². The highest BCUT2D eigenvalue weighted by molar-refractivity contribution is 6.24. The summed E-state index contributed by atoms with van der Waals surface area (Å²) in [6.07, 6.45) is 0. The Morgan fingerprint density at radius 3 is 0.663 bits per heavy atom. The van der Waals surface area contributed by atoms with Crippen molar-refractivity contribution in [1.82, 2.24) is 0 Å². The Balaban J connectivity index is 0.768. The fraction of sp³-hybridized carbons (Fsp3) is 0.140. The molecular weight excluding hydrogens is 1030 g/mol. The molecule has 0 radical (unpaired) electrons. The maximum Gasteiger partial charge on any atom is 0.0159 e. The average Bonchev–Trinajstić information content (AvgIpc) is 0.970. The van der Waals surface area contributed by atoms with Gasteiger partial charge in [-0.15, -0.1) is 0 Å². The molecule has 0 saturated carbocycles. The van der Waals surface area contributed by atoms with E-state index in [1.807, 2.05) is 0 Å². The van der Waals surface area contributed by atoms with Crippen molar-refractivity contribution < 1.29 is 0 Å². The molecule has 0 fully saturated rings. The summed E-state index contributed by atoms with van der Waals surface area (Å²) < 4.78 is 0. The number of hydrogen-bond donors (Lipinski definition) is 0. The highest BCUT2D eigenvalue weighted by Crippen LogP contribution is 2.59. The van der Waals surface area contributed by atoms with Crippen molar-refractivity contribution in [1.29, 1.82) is 0 Å². The van der Waals surface area contributed by atoms with Gasteiger partial charge in [-0.3, -0.25) is 0 Å². The molecule has 4 aliphatic carbocycles. The second kappa shape index (κ2) is 17.1. The Bertz CT molecular complexity index is 4950. The SMILES string of the molecule is CC1(C)c2ccccc2-c2ccc(-c3c4ccccc4c(-c4ccc5c(c4)C(C)(C)c4ccc6c7c(ccc-5c47)-c4ccc(-c5c7ccccc7c(-c7ccc8c(c7)C(C)(C)c7ccccc7-8)c7ccccc57)cc4C6(C)C)c4ccccc34)cc21. The van der Waals surface area contributed by atoms with Crippen molar-refractivity contribution in [3.63, 3.8) is 0 Å². The fourth-order valence-electron chi connectivity index (χ4n) is 17.4. The Morgan fingerprint density at radius 2 is 0.384 bits per heavy atom. The van der Waals surface area contributed by atoms with Gasteiger partial charge in [-0.2, -0.15) is 0 Å². The smallest absolute Gasteiger partial charge is 0.0159 e. The lowest BCUT2D eigenvalue weighted by Gasteiger charge is -2.41. The van der Waals surface area contributed by atoms with Crippen LogP contribution >= 0.6 is 0 Å². The largest absolute Gasteiger partial charge is 0.0619 e. The summed E-state index contributed by atoms with van der Waals surface area (Å²) in [4.78, 5) is 0. The van der Waals surface area contributed by atoms with E-state index in [9.17, 15) is 0 Å². The van der Waals surface area contributed by atoms with E-state index in [1.54, 1.807) is 0 Å². The van der Waals surface area contributed by atoms with Crippen molar-refractivity contribution in [2.24, 2.45) is 0 Å². The van der Waals surface area contributed by atoms with Crippen LogP contribution in [0.2, 0.25) is 0 Å². The summed E-state index contributed by atoms with van der Waals surface area (Å²) in [5, 5.41) is 13.1. The maximum atomic E-state index is 2.55. The molecular formula is C86H64. The first kappa shape index (κ1) is 49.8. The van der Waals surface area contributed by atoms with Crippen LogP contribution in [0.4, 0.5) is 0 Å². The van der Waals surface area contributed by atoms with Gasteiger partial charge in [-0.25, -0.2) is 0 Å². The second-order valence-electron chi connectivity index (χ2n) is 27.4. The van der Waals surface area contributed by atoms with E-state index in [4.69, 9.17) is 0 Å². The van der Waals surface area contributed by atoms with Gasteiger partial charge < -0.3 is 0 Å². The first-order valence-electron chi connectivity index (χ1n) is 31.0. The molecule has 0 aliphatic heterocycles. The third kappa shape index (κ3) is 6.39. The molecule has 86 heavy (non-hydrogen) atoms. The summed E-state index contributed by atoms with van der Waals surface area (Å²) in [6, 6.07) is 93.8. The number of fused-ring (bicyclic) bond motifs is 14. The van der Waals surface area contributed by atoms with Crippen molar-refractivity contribution >= 4 is 53.9 Å². The minimum Gasteiger partial charge on any atom is -0.0619 e. The van der Waals surface area contributed by atoms with Crippen LogP contribution in [0.25, 0.3) is 143 Å². The van der Waals surface area contributed by atoms with E-state index in [1.165, 1.54) is 187 Å². The second-order valence-corrected chi connectivity index (χ2v) is 27.4. The molecule has 0 unspecified atom stereocenters. The zero-order valence-electron chi connectivity index (χ0n) is 50.1. The Kier molecular flexibility index (Phi) is 9.87. The number of hydrogen-bond acceptors (Lipinski definition) is 0. The van der Waals surface area contributed by atoms with Crippen molar-refractivity contribution in [2.75, 3.05) is 0 Å². The Labute approximate surface area is 504 Å². The standard InChI is InChI=1S/C86H64/c1-83(2)69-31-19-17-21-53(69)55-37-33-49(45-73(55)83)77-59-23-9-13-27-63(59)79(64-28-14-10-24-60(64)77)51-35-39-57-67-41-42-68-58-40-36-52(48-76(58)86(7,8)72-44-43-71(81(67)82(68)72)85(5,6)75(57)47-51)80-65-29-15-11-25-61(65)78(62-26-12-16-30-66(62)80)50-34-38-56-54-22-18-20-32-70(54)84(3,4)74(56)46-50/h9-48H,1-8H3. The van der Waals surface area contributed by atoms with Crippen LogP contribution < -0.4 is 0 Å². The monoisotopic (exact) mass is 1100 g/mol. The molecule has 408 valence electrons. The highest BCUT2D eigenvalue weighted by Gasteiger charge is 2.42. The molecule has 0 spiro atoms. The van der Waals surface area contributed by atoms with Crippen LogP contribution in [0, 0.1) is 0 Å². The molecule has 14 aromatic rings. The molecule has 0 bridgehead atoms. The lowest BCUT2D eigenvalue weighted by atomic mass is 9.62. The molecule has 0 heteroatoms. The molecule has 4 aliphatic rings. The molecule has 0 saturated heterocycles. The summed E-state index contributed by atoms with van der Waals surface area (Å²) in [5.74, 6) is 0. The molecule has 14 aromatic carbocycles. The summed E-state index contributed by atoms with van der Waals surface area (Å²) in [6.45, 7) is 19.4. The van der Waals surface area contributed by atoms with Gasteiger partial charge in [-0.05, 0) is 212 Å². The van der Waals surface area contributed by atoms with Crippen LogP contribution in [0.15, 0.2) is 243 Å². The van der Waals surface area contributed by atoms with Gasteiger partial charge in [0, 0.05) is 21.7 Å². The Morgan fingerprint density at radius 1 is 0.174 bits per heavy atom. The van der Waals surface area contributed by atoms with Gasteiger partial charge in [0.1, 0.15) is 0 Å². The average molecular weight is 1100 g/mol. The summed E-state index contributed by atoms with van der Waals surface area (Å²) in [7, 11) is 0. The Hall–Kier alpha value is -9.62. The van der Waals surface area contributed by atoms with E-state index in [-0.39, 0.29) is 21.7 Å². The molecule has 0 amide bonds. The molecule has 18 rings (SSSR count). The molecule has 0 N–H and O–H groups in total. The van der Waals surface area contributed by atoms with Gasteiger partial charge in [0.05, 0.1) is 0 Å². The first-order valence-corrected chi connectivity index (χ1v) is 31.0. The first-order chi connectivity index (χ1) is 41.7. The number of benzene rings is 14. The third-order valence-electron chi connectivity index (χ3n) is 21.7. The van der Waals surface area contributed by atoms with Crippen molar-refractivity contribution in [3.05, 3.63) is 287 Å². The van der Waals surface area contributed by atoms with E-state index in [2.05, 4.69) is 298 Å². The van der Waals surface area contributed by atoms with Crippen LogP contribution in [0.3, 0.4) is 0 Å². The van der Waals surface area contributed by atoms with E-state index in [0.29, 0.717) is 0 Å². The van der Waals surface area contributed by atoms with Gasteiger partial charge in [0.25, 0.3) is 0 Å². The minimum absolute atomic E-state index is 0.0879.